The first-order chi connectivity index (χ1) is 14.8. The van der Waals surface area contributed by atoms with Crippen molar-refractivity contribution in [2.24, 2.45) is 0 Å². The van der Waals surface area contributed by atoms with E-state index in [1.165, 1.54) is 25.3 Å². The Bertz CT molecular complexity index is 1200. The van der Waals surface area contributed by atoms with Gasteiger partial charge in [-0.3, -0.25) is 9.52 Å². The molecule has 0 aliphatic carbocycles. The number of halogens is 1. The number of rotatable bonds is 8. The first-order valence-electron chi connectivity index (χ1n) is 9.23. The van der Waals surface area contributed by atoms with E-state index in [0.717, 1.165) is 5.56 Å². The number of hydrogen-bond acceptors (Lipinski definition) is 5. The van der Waals surface area contributed by atoms with Gasteiger partial charge in [-0.25, -0.2) is 8.42 Å². The van der Waals surface area contributed by atoms with Crippen LogP contribution in [0.2, 0.25) is 5.02 Å². The van der Waals surface area contributed by atoms with Gasteiger partial charge in [-0.2, -0.15) is 0 Å². The molecule has 7 nitrogen and oxygen atoms in total. The largest absolute Gasteiger partial charge is 0.495 e. The van der Waals surface area contributed by atoms with Gasteiger partial charge in [-0.1, -0.05) is 35.9 Å². The van der Waals surface area contributed by atoms with Crippen LogP contribution in [0.3, 0.4) is 0 Å². The van der Waals surface area contributed by atoms with Crippen molar-refractivity contribution >= 4 is 38.9 Å². The molecule has 0 spiro atoms. The number of para-hydroxylation sites is 1. The van der Waals surface area contributed by atoms with Crippen LogP contribution >= 0.6 is 11.6 Å². The van der Waals surface area contributed by atoms with E-state index in [4.69, 9.17) is 21.1 Å². The number of sulfonamides is 1. The van der Waals surface area contributed by atoms with Crippen molar-refractivity contribution in [3.63, 3.8) is 0 Å². The van der Waals surface area contributed by atoms with Crippen LogP contribution in [0.15, 0.2) is 71.6 Å². The van der Waals surface area contributed by atoms with Crippen LogP contribution in [-0.4, -0.2) is 28.0 Å². The number of carbonyl (C=O) groups is 1. The molecule has 3 rings (SSSR count). The molecule has 0 heterocycles. The minimum Gasteiger partial charge on any atom is -0.495 e. The van der Waals surface area contributed by atoms with Crippen molar-refractivity contribution in [1.29, 1.82) is 0 Å². The molecule has 0 saturated heterocycles. The van der Waals surface area contributed by atoms with Gasteiger partial charge in [0.25, 0.3) is 15.9 Å². The first-order valence-corrected chi connectivity index (χ1v) is 11.1. The van der Waals surface area contributed by atoms with Gasteiger partial charge in [0.1, 0.15) is 16.4 Å². The van der Waals surface area contributed by atoms with Gasteiger partial charge >= 0.3 is 0 Å². The molecule has 0 atom stereocenters. The Morgan fingerprint density at radius 1 is 1.03 bits per heavy atom. The number of carbonyl (C=O) groups excluding carboxylic acids is 1. The van der Waals surface area contributed by atoms with Crippen LogP contribution in [0.5, 0.6) is 11.5 Å². The third kappa shape index (κ3) is 5.90. The van der Waals surface area contributed by atoms with Crippen LogP contribution in [0.1, 0.15) is 5.56 Å². The lowest BCUT2D eigenvalue weighted by Gasteiger charge is -2.14. The summed E-state index contributed by atoms with van der Waals surface area (Å²) in [4.78, 5) is 12.1. The number of ether oxygens (including phenoxy) is 2. The Morgan fingerprint density at radius 3 is 2.52 bits per heavy atom. The molecule has 1 amide bonds. The SMILES string of the molecule is COc1ccc(NC(=O)COc2cccc(C)c2)cc1S(=O)(=O)Nc1ccccc1Cl. The topological polar surface area (TPSA) is 93.7 Å². The summed E-state index contributed by atoms with van der Waals surface area (Å²) in [5.74, 6) is 0.250. The van der Waals surface area contributed by atoms with Crippen molar-refractivity contribution in [3.05, 3.63) is 77.3 Å². The lowest BCUT2D eigenvalue weighted by Crippen LogP contribution is -2.21. The van der Waals surface area contributed by atoms with Crippen molar-refractivity contribution in [2.45, 2.75) is 11.8 Å². The van der Waals surface area contributed by atoms with Crippen LogP contribution in [0.25, 0.3) is 0 Å². The molecule has 0 unspecified atom stereocenters. The van der Waals surface area contributed by atoms with E-state index in [1.807, 2.05) is 25.1 Å². The number of amides is 1. The van der Waals surface area contributed by atoms with Gasteiger partial charge in [-0.15, -0.1) is 0 Å². The minimum atomic E-state index is -4.04. The molecule has 2 N–H and O–H groups in total. The smallest absolute Gasteiger partial charge is 0.265 e. The molecule has 0 aliphatic rings. The normalized spacial score (nSPS) is 10.9. The second-order valence-corrected chi connectivity index (χ2v) is 8.66. The van der Waals surface area contributed by atoms with Gasteiger partial charge in [0.05, 0.1) is 17.8 Å². The fourth-order valence-corrected chi connectivity index (χ4v) is 4.27. The standard InChI is InChI=1S/C22H21ClN2O5S/c1-15-6-5-7-17(12-15)30-14-22(26)24-16-10-11-20(29-2)21(13-16)31(27,28)25-19-9-4-3-8-18(19)23/h3-13,25H,14H2,1-2H3,(H,24,26). The summed E-state index contributed by atoms with van der Waals surface area (Å²) in [5.41, 5.74) is 1.51. The molecule has 0 radical (unpaired) electrons. The van der Waals surface area contributed by atoms with Gasteiger partial charge in [-0.05, 0) is 55.0 Å². The number of nitrogens with one attached hydrogen (secondary N) is 2. The zero-order valence-corrected chi connectivity index (χ0v) is 18.5. The van der Waals surface area contributed by atoms with Crippen LogP contribution < -0.4 is 19.5 Å². The molecule has 0 aliphatic heterocycles. The Labute approximate surface area is 186 Å². The summed E-state index contributed by atoms with van der Waals surface area (Å²) >= 11 is 6.06. The maximum absolute atomic E-state index is 12.9. The van der Waals surface area contributed by atoms with Gasteiger partial charge < -0.3 is 14.8 Å². The maximum Gasteiger partial charge on any atom is 0.265 e. The Balaban J connectivity index is 1.76. The highest BCUT2D eigenvalue weighted by Gasteiger charge is 2.22. The predicted molar refractivity (Wildman–Crippen MR) is 121 cm³/mol. The Morgan fingerprint density at radius 2 is 1.81 bits per heavy atom. The number of hydrogen-bond donors (Lipinski definition) is 2. The molecule has 0 bridgehead atoms. The van der Waals surface area contributed by atoms with E-state index >= 15 is 0 Å². The second-order valence-electron chi connectivity index (χ2n) is 6.60. The predicted octanol–water partition coefficient (Wildman–Crippen LogP) is 4.48. The second kappa shape index (κ2) is 9.72. The Kier molecular flexibility index (Phi) is 7.04. The molecule has 0 fully saturated rings. The molecular weight excluding hydrogens is 440 g/mol. The third-order valence-corrected chi connectivity index (χ3v) is 5.93. The van der Waals surface area contributed by atoms with Gasteiger partial charge in [0, 0.05) is 5.69 Å². The van der Waals surface area contributed by atoms with Gasteiger partial charge in [0.15, 0.2) is 6.61 Å². The van der Waals surface area contributed by atoms with E-state index in [-0.39, 0.29) is 33.6 Å². The van der Waals surface area contributed by atoms with E-state index in [2.05, 4.69) is 10.0 Å². The van der Waals surface area contributed by atoms with E-state index < -0.39 is 15.9 Å². The molecule has 31 heavy (non-hydrogen) atoms. The molecule has 0 saturated carbocycles. The zero-order chi connectivity index (χ0) is 22.4. The average Bonchev–Trinajstić information content (AvgIpc) is 2.74. The Hall–Kier alpha value is -3.23. The number of methoxy groups -OCH3 is 1. The van der Waals surface area contributed by atoms with Crippen LogP contribution in [-0.2, 0) is 14.8 Å². The van der Waals surface area contributed by atoms with Crippen LogP contribution in [0, 0.1) is 6.92 Å². The third-order valence-electron chi connectivity index (χ3n) is 4.21. The summed E-state index contributed by atoms with van der Waals surface area (Å²) < 4.78 is 38.9. The van der Waals surface area contributed by atoms with Crippen molar-refractivity contribution in [1.82, 2.24) is 0 Å². The number of benzene rings is 3. The summed E-state index contributed by atoms with van der Waals surface area (Å²) in [6.45, 7) is 1.69. The quantitative estimate of drug-likeness (QED) is 0.517. The number of anilines is 2. The van der Waals surface area contributed by atoms with E-state index in [9.17, 15) is 13.2 Å². The maximum atomic E-state index is 12.9. The average molecular weight is 461 g/mol. The fourth-order valence-electron chi connectivity index (χ4n) is 2.76. The zero-order valence-electron chi connectivity index (χ0n) is 16.9. The molecule has 162 valence electrons. The lowest BCUT2D eigenvalue weighted by molar-refractivity contribution is -0.118. The number of aryl methyl sites for hydroxylation is 1. The van der Waals surface area contributed by atoms with Crippen molar-refractivity contribution in [2.75, 3.05) is 23.8 Å². The molecule has 3 aromatic carbocycles. The first kappa shape index (κ1) is 22.5. The summed E-state index contributed by atoms with van der Waals surface area (Å²) in [6, 6.07) is 18.1. The van der Waals surface area contributed by atoms with Crippen LogP contribution in [0.4, 0.5) is 11.4 Å². The van der Waals surface area contributed by atoms with Crippen molar-refractivity contribution in [3.8, 4) is 11.5 Å². The molecule has 3 aromatic rings. The molecule has 9 heteroatoms. The molecular formula is C22H21ClN2O5S. The van der Waals surface area contributed by atoms with Crippen molar-refractivity contribution < 1.29 is 22.7 Å². The fraction of sp³-hybridized carbons (Fsp3) is 0.136. The highest BCUT2D eigenvalue weighted by molar-refractivity contribution is 7.92. The molecule has 0 aromatic heterocycles. The highest BCUT2D eigenvalue weighted by atomic mass is 35.5. The van der Waals surface area contributed by atoms with E-state index in [1.54, 1.807) is 30.3 Å². The summed E-state index contributed by atoms with van der Waals surface area (Å²) in [6.07, 6.45) is 0. The lowest BCUT2D eigenvalue weighted by atomic mass is 10.2. The van der Waals surface area contributed by atoms with Gasteiger partial charge in [0.2, 0.25) is 0 Å². The minimum absolute atomic E-state index is 0.119. The van der Waals surface area contributed by atoms with E-state index in [0.29, 0.717) is 5.75 Å². The summed E-state index contributed by atoms with van der Waals surface area (Å²) in [7, 11) is -2.68. The highest BCUT2D eigenvalue weighted by Crippen LogP contribution is 2.30. The monoisotopic (exact) mass is 460 g/mol. The summed E-state index contributed by atoms with van der Waals surface area (Å²) in [5, 5.41) is 2.88.